The maximum atomic E-state index is 11.3. The zero-order valence-corrected chi connectivity index (χ0v) is 9.82. The van der Waals surface area contributed by atoms with Gasteiger partial charge < -0.3 is 15.2 Å². The fraction of sp³-hybridized carbons (Fsp3) is 0.417. The van der Waals surface area contributed by atoms with E-state index in [4.69, 9.17) is 10.5 Å². The third kappa shape index (κ3) is 2.97. The zero-order valence-electron chi connectivity index (χ0n) is 9.82. The van der Waals surface area contributed by atoms with Crippen molar-refractivity contribution < 1.29 is 14.3 Å². The minimum Gasteiger partial charge on any atom is -0.491 e. The van der Waals surface area contributed by atoms with Gasteiger partial charge in [0.25, 0.3) is 0 Å². The Bertz CT molecular complexity index is 374. The molecule has 0 aromatic heterocycles. The van der Waals surface area contributed by atoms with E-state index in [0.29, 0.717) is 0 Å². The molecule has 1 unspecified atom stereocenters. The molecule has 88 valence electrons. The first kappa shape index (κ1) is 12.5. The summed E-state index contributed by atoms with van der Waals surface area (Å²) < 4.78 is 10.1. The number of carbonyl (C=O) groups is 1. The van der Waals surface area contributed by atoms with Crippen molar-refractivity contribution in [1.82, 2.24) is 0 Å². The monoisotopic (exact) mass is 223 g/mol. The van der Waals surface area contributed by atoms with Gasteiger partial charge in [0.1, 0.15) is 17.9 Å². The standard InChI is InChI=1S/C12H17NO3/c1-9-6-4-5-7-10(9)16-8-12(2,13)11(14)15-3/h4-7H,8,13H2,1-3H3. The second-order valence-electron chi connectivity index (χ2n) is 3.96. The van der Waals surface area contributed by atoms with Crippen LogP contribution in [0.25, 0.3) is 0 Å². The van der Waals surface area contributed by atoms with Crippen molar-refractivity contribution in [3.05, 3.63) is 29.8 Å². The van der Waals surface area contributed by atoms with Crippen LogP contribution < -0.4 is 10.5 Å². The van der Waals surface area contributed by atoms with E-state index in [9.17, 15) is 4.79 Å². The van der Waals surface area contributed by atoms with E-state index in [0.717, 1.165) is 11.3 Å². The van der Waals surface area contributed by atoms with E-state index in [1.165, 1.54) is 7.11 Å². The summed E-state index contributed by atoms with van der Waals surface area (Å²) in [6, 6.07) is 7.56. The molecule has 4 nitrogen and oxygen atoms in total. The Morgan fingerprint density at radius 3 is 2.62 bits per heavy atom. The number of aryl methyl sites for hydroxylation is 1. The summed E-state index contributed by atoms with van der Waals surface area (Å²) >= 11 is 0. The molecule has 1 atom stereocenters. The number of esters is 1. The molecule has 2 N–H and O–H groups in total. The maximum absolute atomic E-state index is 11.3. The minimum atomic E-state index is -1.13. The van der Waals surface area contributed by atoms with E-state index >= 15 is 0 Å². The lowest BCUT2D eigenvalue weighted by Gasteiger charge is -2.22. The number of para-hydroxylation sites is 1. The molecule has 0 heterocycles. The first-order valence-corrected chi connectivity index (χ1v) is 5.03. The average molecular weight is 223 g/mol. The summed E-state index contributed by atoms with van der Waals surface area (Å²) in [7, 11) is 1.31. The molecular weight excluding hydrogens is 206 g/mol. The van der Waals surface area contributed by atoms with Gasteiger partial charge in [-0.3, -0.25) is 0 Å². The van der Waals surface area contributed by atoms with Crippen LogP contribution >= 0.6 is 0 Å². The Balaban J connectivity index is 2.65. The second-order valence-corrected chi connectivity index (χ2v) is 3.96. The first-order valence-electron chi connectivity index (χ1n) is 5.03. The highest BCUT2D eigenvalue weighted by Crippen LogP contribution is 2.17. The van der Waals surface area contributed by atoms with Gasteiger partial charge in [0, 0.05) is 0 Å². The molecule has 1 rings (SSSR count). The van der Waals surface area contributed by atoms with Crippen molar-refractivity contribution in [1.29, 1.82) is 0 Å². The number of hydrogen-bond acceptors (Lipinski definition) is 4. The molecule has 0 aliphatic carbocycles. The van der Waals surface area contributed by atoms with Crippen molar-refractivity contribution >= 4 is 5.97 Å². The fourth-order valence-electron chi connectivity index (χ4n) is 1.24. The van der Waals surface area contributed by atoms with Gasteiger partial charge in [-0.25, -0.2) is 4.79 Å². The molecule has 0 fully saturated rings. The van der Waals surface area contributed by atoms with E-state index < -0.39 is 11.5 Å². The predicted octanol–water partition coefficient (Wildman–Crippen LogP) is 1.26. The molecule has 0 aliphatic rings. The number of rotatable bonds is 4. The minimum absolute atomic E-state index is 0.0878. The van der Waals surface area contributed by atoms with Crippen LogP contribution in [0.1, 0.15) is 12.5 Å². The highest BCUT2D eigenvalue weighted by atomic mass is 16.5. The van der Waals surface area contributed by atoms with Crippen molar-refractivity contribution in [2.45, 2.75) is 19.4 Å². The SMILES string of the molecule is COC(=O)C(C)(N)COc1ccccc1C. The number of hydrogen-bond donors (Lipinski definition) is 1. The molecule has 0 aliphatic heterocycles. The molecule has 0 radical (unpaired) electrons. The van der Waals surface area contributed by atoms with Gasteiger partial charge in [0.2, 0.25) is 0 Å². The summed E-state index contributed by atoms with van der Waals surface area (Å²) in [4.78, 5) is 11.3. The summed E-state index contributed by atoms with van der Waals surface area (Å²) in [6.45, 7) is 3.60. The lowest BCUT2D eigenvalue weighted by atomic mass is 10.1. The van der Waals surface area contributed by atoms with Crippen LogP contribution in [-0.2, 0) is 9.53 Å². The van der Waals surface area contributed by atoms with Gasteiger partial charge in [0.15, 0.2) is 0 Å². The molecule has 16 heavy (non-hydrogen) atoms. The summed E-state index contributed by atoms with van der Waals surface area (Å²) in [5.74, 6) is 0.240. The smallest absolute Gasteiger partial charge is 0.329 e. The third-order valence-corrected chi connectivity index (χ3v) is 2.27. The van der Waals surface area contributed by atoms with Gasteiger partial charge in [-0.15, -0.1) is 0 Å². The van der Waals surface area contributed by atoms with Crippen LogP contribution in [0.5, 0.6) is 5.75 Å². The molecule has 1 aromatic rings. The van der Waals surface area contributed by atoms with E-state index in [1.54, 1.807) is 6.92 Å². The summed E-state index contributed by atoms with van der Waals surface area (Å²) in [5.41, 5.74) is 5.64. The number of carbonyl (C=O) groups excluding carboxylic acids is 1. The highest BCUT2D eigenvalue weighted by Gasteiger charge is 2.30. The lowest BCUT2D eigenvalue weighted by Crippen LogP contribution is -2.50. The Morgan fingerprint density at radius 1 is 1.44 bits per heavy atom. The van der Waals surface area contributed by atoms with E-state index in [1.807, 2.05) is 31.2 Å². The van der Waals surface area contributed by atoms with Crippen molar-refractivity contribution in [2.75, 3.05) is 13.7 Å². The van der Waals surface area contributed by atoms with Gasteiger partial charge in [-0.05, 0) is 25.5 Å². The molecule has 0 spiro atoms. The molecule has 1 aromatic carbocycles. The highest BCUT2D eigenvalue weighted by molar-refractivity contribution is 5.80. The van der Waals surface area contributed by atoms with Crippen molar-refractivity contribution in [3.8, 4) is 5.75 Å². The van der Waals surface area contributed by atoms with Crippen LogP contribution in [-0.4, -0.2) is 25.2 Å². The molecular formula is C12H17NO3. The topological polar surface area (TPSA) is 61.5 Å². The number of nitrogens with two attached hydrogens (primary N) is 1. The number of benzene rings is 1. The van der Waals surface area contributed by atoms with Crippen LogP contribution in [0.4, 0.5) is 0 Å². The normalized spacial score (nSPS) is 14.0. The van der Waals surface area contributed by atoms with Gasteiger partial charge >= 0.3 is 5.97 Å². The molecule has 4 heteroatoms. The van der Waals surface area contributed by atoms with Crippen molar-refractivity contribution in [3.63, 3.8) is 0 Å². The van der Waals surface area contributed by atoms with E-state index in [-0.39, 0.29) is 6.61 Å². The Morgan fingerprint density at radius 2 is 2.06 bits per heavy atom. The second kappa shape index (κ2) is 4.99. The van der Waals surface area contributed by atoms with Gasteiger partial charge in [-0.1, -0.05) is 18.2 Å². The number of methoxy groups -OCH3 is 1. The lowest BCUT2D eigenvalue weighted by molar-refractivity contribution is -0.147. The molecule has 0 amide bonds. The maximum Gasteiger partial charge on any atom is 0.329 e. The third-order valence-electron chi connectivity index (χ3n) is 2.27. The quantitative estimate of drug-likeness (QED) is 0.781. The predicted molar refractivity (Wildman–Crippen MR) is 61.3 cm³/mol. The van der Waals surface area contributed by atoms with Gasteiger partial charge in [0.05, 0.1) is 7.11 Å². The van der Waals surface area contributed by atoms with Crippen molar-refractivity contribution in [2.24, 2.45) is 5.73 Å². The fourth-order valence-corrected chi connectivity index (χ4v) is 1.24. The Kier molecular flexibility index (Phi) is 3.90. The average Bonchev–Trinajstić information content (AvgIpc) is 2.27. The Hall–Kier alpha value is -1.55. The first-order chi connectivity index (χ1) is 7.47. The zero-order chi connectivity index (χ0) is 12.2. The molecule has 0 bridgehead atoms. The molecule has 0 saturated carbocycles. The van der Waals surface area contributed by atoms with Crippen LogP contribution in [0.2, 0.25) is 0 Å². The molecule has 0 saturated heterocycles. The Labute approximate surface area is 95.3 Å². The number of ether oxygens (including phenoxy) is 2. The van der Waals surface area contributed by atoms with E-state index in [2.05, 4.69) is 4.74 Å². The summed E-state index contributed by atoms with van der Waals surface area (Å²) in [5, 5.41) is 0. The largest absolute Gasteiger partial charge is 0.491 e. The van der Waals surface area contributed by atoms with Crippen LogP contribution in [0.15, 0.2) is 24.3 Å². The summed E-state index contributed by atoms with van der Waals surface area (Å²) in [6.07, 6.45) is 0. The van der Waals surface area contributed by atoms with Gasteiger partial charge in [-0.2, -0.15) is 0 Å². The van der Waals surface area contributed by atoms with Crippen LogP contribution in [0, 0.1) is 6.92 Å². The van der Waals surface area contributed by atoms with Crippen LogP contribution in [0.3, 0.4) is 0 Å².